The van der Waals surface area contributed by atoms with Crippen molar-refractivity contribution in [2.24, 2.45) is 0 Å². The van der Waals surface area contributed by atoms with Gasteiger partial charge < -0.3 is 20.3 Å². The van der Waals surface area contributed by atoms with Crippen molar-refractivity contribution in [3.8, 4) is 0 Å². The van der Waals surface area contributed by atoms with E-state index in [0.717, 1.165) is 18.7 Å². The molecule has 1 aromatic carbocycles. The van der Waals surface area contributed by atoms with Gasteiger partial charge in [-0.15, -0.1) is 0 Å². The first-order chi connectivity index (χ1) is 14.5. The SMILES string of the molecule is CC1CN(CC(O)CNC(=O)c2cccc3c2C(=O)CC3)CCO1.O=C(O)C(F)(F)F. The molecule has 1 amide bonds. The number of hydrogen-bond acceptors (Lipinski definition) is 6. The molecule has 8 nitrogen and oxygen atoms in total. The molecule has 1 fully saturated rings. The summed E-state index contributed by atoms with van der Waals surface area (Å²) in [6.45, 7) is 4.91. The number of hydrogen-bond donors (Lipinski definition) is 3. The van der Waals surface area contributed by atoms with Crippen LogP contribution in [-0.2, 0) is 16.0 Å². The number of carbonyl (C=O) groups is 3. The minimum atomic E-state index is -5.08. The molecule has 1 aliphatic carbocycles. The van der Waals surface area contributed by atoms with Crippen molar-refractivity contribution in [2.45, 2.75) is 38.1 Å². The van der Waals surface area contributed by atoms with E-state index in [2.05, 4.69) is 10.2 Å². The quantitative estimate of drug-likeness (QED) is 0.624. The maximum atomic E-state index is 12.4. The Morgan fingerprint density at radius 3 is 2.61 bits per heavy atom. The molecule has 31 heavy (non-hydrogen) atoms. The Hall–Kier alpha value is -2.50. The van der Waals surface area contributed by atoms with E-state index in [-0.39, 0.29) is 24.3 Å². The number of carboxylic acid groups (broad SMARTS) is 1. The fraction of sp³-hybridized carbons (Fsp3) is 0.550. The Kier molecular flexibility index (Phi) is 8.54. The van der Waals surface area contributed by atoms with Crippen LogP contribution in [0, 0.1) is 0 Å². The molecule has 2 aliphatic rings. The number of halogens is 3. The van der Waals surface area contributed by atoms with E-state index in [1.165, 1.54) is 0 Å². The lowest BCUT2D eigenvalue weighted by Crippen LogP contribution is -2.47. The number of β-amino-alcohol motifs (C(OH)–C–C–N with tert-alkyl or cyclic N) is 1. The van der Waals surface area contributed by atoms with E-state index in [9.17, 15) is 27.9 Å². The van der Waals surface area contributed by atoms with Crippen LogP contribution >= 0.6 is 0 Å². The molecule has 2 unspecified atom stereocenters. The van der Waals surface area contributed by atoms with Crippen LogP contribution in [0.1, 0.15) is 39.6 Å². The number of fused-ring (bicyclic) bond motifs is 1. The van der Waals surface area contributed by atoms with Crippen molar-refractivity contribution in [1.82, 2.24) is 10.2 Å². The van der Waals surface area contributed by atoms with E-state index < -0.39 is 18.2 Å². The number of benzene rings is 1. The van der Waals surface area contributed by atoms with Gasteiger partial charge in [-0.05, 0) is 25.0 Å². The van der Waals surface area contributed by atoms with Crippen LogP contribution in [0.4, 0.5) is 13.2 Å². The van der Waals surface area contributed by atoms with Crippen molar-refractivity contribution in [2.75, 3.05) is 32.8 Å². The molecule has 3 rings (SSSR count). The normalized spacial score (nSPS) is 19.8. The van der Waals surface area contributed by atoms with Crippen LogP contribution in [0.25, 0.3) is 0 Å². The standard InChI is InChI=1S/C18H24N2O4.C2HF3O2/c1-12-10-20(7-8-24-12)11-14(21)9-19-18(23)15-4-2-3-13-5-6-16(22)17(13)15;3-2(4,5)1(6)7/h2-4,12,14,21H,5-11H2,1H3,(H,19,23);(H,6,7). The average molecular weight is 446 g/mol. The summed E-state index contributed by atoms with van der Waals surface area (Å²) >= 11 is 0. The van der Waals surface area contributed by atoms with E-state index >= 15 is 0 Å². The highest BCUT2D eigenvalue weighted by atomic mass is 19.4. The fourth-order valence-corrected chi connectivity index (χ4v) is 3.42. The fourth-order valence-electron chi connectivity index (χ4n) is 3.42. The molecule has 1 aliphatic heterocycles. The van der Waals surface area contributed by atoms with Crippen LogP contribution in [0.3, 0.4) is 0 Å². The first kappa shape index (κ1) is 24.8. The number of carboxylic acids is 1. The van der Waals surface area contributed by atoms with Gasteiger partial charge in [0, 0.05) is 38.2 Å². The molecule has 0 saturated carbocycles. The summed E-state index contributed by atoms with van der Waals surface area (Å²) in [5.74, 6) is -3.03. The number of morpholine rings is 1. The summed E-state index contributed by atoms with van der Waals surface area (Å²) in [7, 11) is 0. The molecule has 1 aromatic rings. The van der Waals surface area contributed by atoms with Crippen molar-refractivity contribution >= 4 is 17.7 Å². The number of Topliss-reactive ketones (excluding diaryl/α,β-unsaturated/α-hetero) is 1. The summed E-state index contributed by atoms with van der Waals surface area (Å²) < 4.78 is 37.2. The lowest BCUT2D eigenvalue weighted by Gasteiger charge is -2.32. The highest BCUT2D eigenvalue weighted by molar-refractivity contribution is 6.10. The van der Waals surface area contributed by atoms with E-state index in [1.807, 2.05) is 13.0 Å². The van der Waals surface area contributed by atoms with E-state index in [4.69, 9.17) is 14.6 Å². The second-order valence-electron chi connectivity index (χ2n) is 7.37. The maximum Gasteiger partial charge on any atom is 0.490 e. The van der Waals surface area contributed by atoms with Crippen LogP contribution in [-0.4, -0.2) is 83.9 Å². The Morgan fingerprint density at radius 2 is 2.00 bits per heavy atom. The van der Waals surface area contributed by atoms with Crippen LogP contribution in [0.5, 0.6) is 0 Å². The number of nitrogens with one attached hydrogen (secondary N) is 1. The number of ketones is 1. The number of aliphatic carboxylic acids is 1. The lowest BCUT2D eigenvalue weighted by molar-refractivity contribution is -0.192. The number of amides is 1. The second kappa shape index (κ2) is 10.7. The Morgan fingerprint density at radius 1 is 1.32 bits per heavy atom. The number of alkyl halides is 3. The molecule has 0 bridgehead atoms. The third-order valence-electron chi connectivity index (χ3n) is 4.83. The molecule has 2 atom stereocenters. The van der Waals surface area contributed by atoms with Crippen molar-refractivity contribution in [1.29, 1.82) is 0 Å². The summed E-state index contributed by atoms with van der Waals surface area (Å²) in [6.07, 6.45) is -4.39. The zero-order valence-corrected chi connectivity index (χ0v) is 16.9. The first-order valence-corrected chi connectivity index (χ1v) is 9.74. The topological polar surface area (TPSA) is 116 Å². The van der Waals surface area contributed by atoms with Crippen molar-refractivity contribution < 1.29 is 42.5 Å². The minimum absolute atomic E-state index is 0.0265. The lowest BCUT2D eigenvalue weighted by atomic mass is 10.0. The zero-order valence-electron chi connectivity index (χ0n) is 16.9. The highest BCUT2D eigenvalue weighted by Crippen LogP contribution is 2.25. The maximum absolute atomic E-state index is 12.4. The van der Waals surface area contributed by atoms with Gasteiger partial charge in [-0.3, -0.25) is 14.5 Å². The molecule has 3 N–H and O–H groups in total. The van der Waals surface area contributed by atoms with Gasteiger partial charge in [-0.2, -0.15) is 13.2 Å². The van der Waals surface area contributed by atoms with E-state index in [0.29, 0.717) is 37.1 Å². The summed E-state index contributed by atoms with van der Waals surface area (Å²) in [4.78, 5) is 35.4. The van der Waals surface area contributed by atoms with Crippen molar-refractivity contribution in [3.63, 3.8) is 0 Å². The molecular formula is C20H25F3N2O6. The summed E-state index contributed by atoms with van der Waals surface area (Å²) in [5, 5.41) is 20.0. The molecular weight excluding hydrogens is 421 g/mol. The highest BCUT2D eigenvalue weighted by Gasteiger charge is 2.38. The van der Waals surface area contributed by atoms with E-state index in [1.54, 1.807) is 12.1 Å². The molecule has 172 valence electrons. The number of carbonyl (C=O) groups excluding carboxylic acids is 2. The van der Waals surface area contributed by atoms with Gasteiger partial charge in [-0.25, -0.2) is 4.79 Å². The van der Waals surface area contributed by atoms with Gasteiger partial charge >= 0.3 is 12.1 Å². The smallest absolute Gasteiger partial charge is 0.475 e. The predicted molar refractivity (Wildman–Crippen MR) is 103 cm³/mol. The second-order valence-corrected chi connectivity index (χ2v) is 7.37. The number of ether oxygens (including phenoxy) is 1. The van der Waals surface area contributed by atoms with Gasteiger partial charge in [-0.1, -0.05) is 12.1 Å². The third kappa shape index (κ3) is 7.30. The Balaban J connectivity index is 0.000000423. The number of nitrogens with zero attached hydrogens (tertiary/aromatic N) is 1. The molecule has 11 heteroatoms. The average Bonchev–Trinajstić information content (AvgIpc) is 3.07. The minimum Gasteiger partial charge on any atom is -0.475 e. The molecule has 1 saturated heterocycles. The van der Waals surface area contributed by atoms with Crippen LogP contribution in [0.15, 0.2) is 18.2 Å². The van der Waals surface area contributed by atoms with Gasteiger partial charge in [0.05, 0.1) is 24.4 Å². The molecule has 0 radical (unpaired) electrons. The van der Waals surface area contributed by atoms with Gasteiger partial charge in [0.25, 0.3) is 5.91 Å². The van der Waals surface area contributed by atoms with Gasteiger partial charge in [0.2, 0.25) is 0 Å². The van der Waals surface area contributed by atoms with Gasteiger partial charge in [0.15, 0.2) is 5.78 Å². The summed E-state index contributed by atoms with van der Waals surface area (Å²) in [5.41, 5.74) is 1.91. The molecule has 1 heterocycles. The Bertz CT molecular complexity index is 815. The number of aliphatic hydroxyl groups is 1. The van der Waals surface area contributed by atoms with Crippen molar-refractivity contribution in [3.05, 3.63) is 34.9 Å². The number of aryl methyl sites for hydroxylation is 1. The number of aliphatic hydroxyl groups excluding tert-OH is 1. The third-order valence-corrected chi connectivity index (χ3v) is 4.83. The van der Waals surface area contributed by atoms with Crippen LogP contribution in [0.2, 0.25) is 0 Å². The predicted octanol–water partition coefficient (Wildman–Crippen LogP) is 1.26. The van der Waals surface area contributed by atoms with Crippen LogP contribution < -0.4 is 5.32 Å². The molecule has 0 spiro atoms. The zero-order chi connectivity index (χ0) is 23.2. The number of rotatable bonds is 5. The Labute approximate surface area is 177 Å². The molecule has 0 aromatic heterocycles. The summed E-state index contributed by atoms with van der Waals surface area (Å²) in [6, 6.07) is 5.37. The van der Waals surface area contributed by atoms with Gasteiger partial charge in [0.1, 0.15) is 0 Å². The largest absolute Gasteiger partial charge is 0.490 e. The monoisotopic (exact) mass is 446 g/mol. The first-order valence-electron chi connectivity index (χ1n) is 9.74.